The molecule has 0 radical (unpaired) electrons. The van der Waals surface area contributed by atoms with Gasteiger partial charge in [0.05, 0.1) is 11.4 Å². The number of hydrogen-bond donors (Lipinski definition) is 1. The van der Waals surface area contributed by atoms with Gasteiger partial charge in [0.1, 0.15) is 5.82 Å². The lowest BCUT2D eigenvalue weighted by Crippen LogP contribution is -2.02. The molecule has 0 aliphatic carbocycles. The Morgan fingerprint density at radius 3 is 2.69 bits per heavy atom. The molecule has 1 aliphatic rings. The molecule has 0 unspecified atom stereocenters. The molecule has 3 aromatic carbocycles. The molecule has 0 fully saturated rings. The third-order valence-electron chi connectivity index (χ3n) is 4.01. The quantitative estimate of drug-likeness (QED) is 0.292. The Labute approximate surface area is 163 Å². The van der Waals surface area contributed by atoms with Gasteiger partial charge < -0.3 is 5.32 Å². The van der Waals surface area contributed by atoms with Crippen LogP contribution in [0.4, 0.5) is 15.8 Å². The van der Waals surface area contributed by atoms with Gasteiger partial charge in [0.15, 0.2) is 5.78 Å². The Bertz CT molecular complexity index is 1050. The van der Waals surface area contributed by atoms with Crippen LogP contribution in [0.1, 0.15) is 15.9 Å². The molecule has 1 N–H and O–H groups in total. The van der Waals surface area contributed by atoms with Crippen LogP contribution in [0, 0.1) is 5.82 Å². The number of para-hydroxylation sites is 1. The molecule has 0 bridgehead atoms. The van der Waals surface area contributed by atoms with Crippen molar-refractivity contribution in [2.24, 2.45) is 0 Å². The molecular formula is C21H13BrFNOS. The van der Waals surface area contributed by atoms with Gasteiger partial charge in [-0.25, -0.2) is 4.39 Å². The highest BCUT2D eigenvalue weighted by Crippen LogP contribution is 2.44. The summed E-state index contributed by atoms with van der Waals surface area (Å²) in [5.41, 5.74) is 2.86. The predicted octanol–water partition coefficient (Wildman–Crippen LogP) is 6.69. The van der Waals surface area contributed by atoms with E-state index < -0.39 is 0 Å². The van der Waals surface area contributed by atoms with Crippen LogP contribution in [-0.2, 0) is 0 Å². The summed E-state index contributed by atoms with van der Waals surface area (Å²) < 4.78 is 14.6. The number of benzene rings is 3. The van der Waals surface area contributed by atoms with E-state index in [4.69, 9.17) is 0 Å². The number of carbonyl (C=O) groups is 1. The molecular weight excluding hydrogens is 413 g/mol. The summed E-state index contributed by atoms with van der Waals surface area (Å²) in [5.74, 6) is -0.532. The molecule has 2 nitrogen and oxygen atoms in total. The molecule has 26 heavy (non-hydrogen) atoms. The zero-order valence-electron chi connectivity index (χ0n) is 13.5. The van der Waals surface area contributed by atoms with Crippen LogP contribution in [0.5, 0.6) is 0 Å². The molecule has 128 valence electrons. The molecule has 0 amide bonds. The van der Waals surface area contributed by atoms with Crippen LogP contribution in [0.15, 0.2) is 81.0 Å². The second-order valence-corrected chi connectivity index (χ2v) is 7.80. The smallest absolute Gasteiger partial charge is 0.185 e. The number of allylic oxidation sites excluding steroid dienone is 1. The van der Waals surface area contributed by atoms with E-state index in [1.165, 1.54) is 18.2 Å². The van der Waals surface area contributed by atoms with Crippen molar-refractivity contribution in [1.29, 1.82) is 0 Å². The molecule has 0 saturated carbocycles. The summed E-state index contributed by atoms with van der Waals surface area (Å²) in [4.78, 5) is 14.7. The van der Waals surface area contributed by atoms with Gasteiger partial charge in [-0.2, -0.15) is 0 Å². The van der Waals surface area contributed by atoms with Crippen molar-refractivity contribution in [1.82, 2.24) is 0 Å². The number of halogens is 2. The highest BCUT2D eigenvalue weighted by atomic mass is 79.9. The third kappa shape index (κ3) is 3.45. The number of fused-ring (bicyclic) bond motifs is 2. The van der Waals surface area contributed by atoms with Crippen molar-refractivity contribution < 1.29 is 9.18 Å². The Balaban J connectivity index is 1.58. The second kappa shape index (κ2) is 7.09. The Hall–Kier alpha value is -2.37. The molecule has 5 heteroatoms. The molecule has 0 spiro atoms. The number of carbonyl (C=O) groups excluding carboxylic acids is 1. The lowest BCUT2D eigenvalue weighted by Gasteiger charge is -2.20. The minimum atomic E-state index is -0.364. The highest BCUT2D eigenvalue weighted by Gasteiger charge is 2.16. The number of rotatable bonds is 3. The molecule has 1 aliphatic heterocycles. The normalized spacial score (nSPS) is 12.4. The van der Waals surface area contributed by atoms with E-state index in [2.05, 4.69) is 27.3 Å². The van der Waals surface area contributed by atoms with E-state index in [1.54, 1.807) is 30.0 Å². The van der Waals surface area contributed by atoms with Crippen molar-refractivity contribution in [2.45, 2.75) is 9.79 Å². The summed E-state index contributed by atoms with van der Waals surface area (Å²) in [5, 5.41) is 3.36. The first kappa shape index (κ1) is 17.1. The van der Waals surface area contributed by atoms with Gasteiger partial charge in [-0.15, -0.1) is 0 Å². The summed E-state index contributed by atoms with van der Waals surface area (Å²) in [7, 11) is 0. The molecule has 0 atom stereocenters. The van der Waals surface area contributed by atoms with E-state index in [1.807, 2.05) is 30.3 Å². The number of nitrogens with one attached hydrogen (secondary N) is 1. The van der Waals surface area contributed by atoms with E-state index in [0.717, 1.165) is 25.6 Å². The fraction of sp³-hybridized carbons (Fsp3) is 0. The van der Waals surface area contributed by atoms with Crippen molar-refractivity contribution >= 4 is 50.9 Å². The van der Waals surface area contributed by atoms with Crippen LogP contribution in [0.25, 0.3) is 6.08 Å². The molecule has 4 rings (SSSR count). The van der Waals surface area contributed by atoms with Gasteiger partial charge in [0.25, 0.3) is 0 Å². The molecule has 1 heterocycles. The van der Waals surface area contributed by atoms with Crippen molar-refractivity contribution in [3.63, 3.8) is 0 Å². The van der Waals surface area contributed by atoms with Gasteiger partial charge in [0, 0.05) is 25.4 Å². The van der Waals surface area contributed by atoms with E-state index in [9.17, 15) is 9.18 Å². The molecule has 0 saturated heterocycles. The first-order chi connectivity index (χ1) is 12.6. The van der Waals surface area contributed by atoms with Gasteiger partial charge in [-0.3, -0.25) is 4.79 Å². The van der Waals surface area contributed by atoms with Gasteiger partial charge >= 0.3 is 0 Å². The zero-order chi connectivity index (χ0) is 18.1. The average molecular weight is 426 g/mol. The maximum absolute atomic E-state index is 13.8. The fourth-order valence-electron chi connectivity index (χ4n) is 2.70. The van der Waals surface area contributed by atoms with Crippen molar-refractivity contribution in [2.75, 3.05) is 5.32 Å². The van der Waals surface area contributed by atoms with E-state index in [0.29, 0.717) is 11.1 Å². The minimum Gasteiger partial charge on any atom is -0.354 e. The highest BCUT2D eigenvalue weighted by molar-refractivity contribution is 9.10. The Morgan fingerprint density at radius 1 is 1.00 bits per heavy atom. The van der Waals surface area contributed by atoms with Crippen molar-refractivity contribution in [3.8, 4) is 0 Å². The maximum Gasteiger partial charge on any atom is 0.185 e. The average Bonchev–Trinajstić information content (AvgIpc) is 2.66. The topological polar surface area (TPSA) is 29.1 Å². The van der Waals surface area contributed by atoms with Gasteiger partial charge in [-0.05, 0) is 60.7 Å². The zero-order valence-corrected chi connectivity index (χ0v) is 15.9. The monoisotopic (exact) mass is 425 g/mol. The number of ketones is 1. The number of anilines is 2. The van der Waals surface area contributed by atoms with Gasteiger partial charge in [-0.1, -0.05) is 39.8 Å². The molecule has 0 aromatic heterocycles. The van der Waals surface area contributed by atoms with Crippen LogP contribution in [0.3, 0.4) is 0 Å². The first-order valence-electron chi connectivity index (χ1n) is 7.95. The standard InChI is InChI=1S/C21H13BrFNOS/c22-15-7-8-16(23)13(11-15)5-9-19(25)14-6-10-21-18(12-14)24-17-3-1-2-4-20(17)26-21/h1-12,24H/b9-5+. The second-order valence-electron chi connectivity index (χ2n) is 5.80. The van der Waals surface area contributed by atoms with Crippen LogP contribution >= 0.6 is 27.7 Å². The van der Waals surface area contributed by atoms with Crippen molar-refractivity contribution in [3.05, 3.63) is 88.2 Å². The lowest BCUT2D eigenvalue weighted by atomic mass is 10.1. The Kier molecular flexibility index (Phi) is 4.66. The first-order valence-corrected chi connectivity index (χ1v) is 9.56. The fourth-order valence-corrected chi connectivity index (χ4v) is 4.04. The third-order valence-corrected chi connectivity index (χ3v) is 5.66. The van der Waals surface area contributed by atoms with E-state index >= 15 is 0 Å². The summed E-state index contributed by atoms with van der Waals surface area (Å²) in [6.45, 7) is 0. The van der Waals surface area contributed by atoms with E-state index in [-0.39, 0.29) is 11.6 Å². The molecule has 3 aromatic rings. The Morgan fingerprint density at radius 2 is 1.81 bits per heavy atom. The predicted molar refractivity (Wildman–Crippen MR) is 108 cm³/mol. The largest absolute Gasteiger partial charge is 0.354 e. The van der Waals surface area contributed by atoms with Crippen LogP contribution in [-0.4, -0.2) is 5.78 Å². The van der Waals surface area contributed by atoms with Crippen LogP contribution < -0.4 is 5.32 Å². The SMILES string of the molecule is O=C(/C=C/c1cc(Br)ccc1F)c1ccc2c(c1)Nc1ccccc1S2. The van der Waals surface area contributed by atoms with Gasteiger partial charge in [0.2, 0.25) is 0 Å². The minimum absolute atomic E-state index is 0.169. The maximum atomic E-state index is 13.8. The van der Waals surface area contributed by atoms with Crippen LogP contribution in [0.2, 0.25) is 0 Å². The summed E-state index contributed by atoms with van der Waals surface area (Å²) >= 11 is 4.98. The lowest BCUT2D eigenvalue weighted by molar-refractivity contribution is 0.104. The summed E-state index contributed by atoms with van der Waals surface area (Å²) in [6.07, 6.45) is 2.90. The number of hydrogen-bond acceptors (Lipinski definition) is 3. The summed E-state index contributed by atoms with van der Waals surface area (Å²) in [6, 6.07) is 18.2.